The molecular formula is C21H24N8O. The van der Waals surface area contributed by atoms with E-state index in [1.807, 2.05) is 42.1 Å². The van der Waals surface area contributed by atoms with Gasteiger partial charge in [-0.1, -0.05) is 0 Å². The summed E-state index contributed by atoms with van der Waals surface area (Å²) in [5, 5.41) is 19.5. The van der Waals surface area contributed by atoms with Crippen LogP contribution >= 0.6 is 0 Å². The van der Waals surface area contributed by atoms with Crippen LogP contribution in [0.1, 0.15) is 43.1 Å². The summed E-state index contributed by atoms with van der Waals surface area (Å²) in [6, 6.07) is 7.62. The van der Waals surface area contributed by atoms with Crippen LogP contribution in [0.25, 0.3) is 16.7 Å². The van der Waals surface area contributed by atoms with E-state index in [1.165, 1.54) is 6.33 Å². The second-order valence-electron chi connectivity index (χ2n) is 7.57. The van der Waals surface area contributed by atoms with E-state index >= 15 is 0 Å². The number of anilines is 1. The Hall–Kier alpha value is -3.62. The van der Waals surface area contributed by atoms with E-state index in [0.29, 0.717) is 12.8 Å². The Balaban J connectivity index is 1.44. The summed E-state index contributed by atoms with van der Waals surface area (Å²) in [7, 11) is 0. The van der Waals surface area contributed by atoms with Crippen molar-refractivity contribution in [2.45, 2.75) is 46.6 Å². The van der Waals surface area contributed by atoms with Crippen molar-refractivity contribution in [3.63, 3.8) is 0 Å². The zero-order chi connectivity index (χ0) is 21.3. The number of fused-ring (bicyclic) bond motifs is 1. The van der Waals surface area contributed by atoms with Crippen LogP contribution in [0.5, 0.6) is 0 Å². The van der Waals surface area contributed by atoms with Gasteiger partial charge >= 0.3 is 0 Å². The molecule has 154 valence electrons. The lowest BCUT2D eigenvalue weighted by Gasteiger charge is -2.13. The van der Waals surface area contributed by atoms with E-state index in [9.17, 15) is 4.79 Å². The number of nitrogens with zero attached hydrogens (tertiary/aromatic N) is 7. The standard InChI is InChI=1S/C21H24N8O/c1-13(2)29-21-19(11-23-29)14(3)18(15(4)24-21)9-10-20(30)25-16-5-7-17(8-6-16)28-12-22-26-27-28/h5-8,11-13H,9-10H2,1-4H3,(H,25,30). The first-order valence-corrected chi connectivity index (χ1v) is 9.90. The van der Waals surface area contributed by atoms with Crippen LogP contribution in [-0.4, -0.2) is 40.9 Å². The molecule has 0 bridgehead atoms. The van der Waals surface area contributed by atoms with Crippen molar-refractivity contribution in [1.82, 2.24) is 35.0 Å². The molecule has 3 aromatic heterocycles. The molecule has 0 aliphatic carbocycles. The Kier molecular flexibility index (Phi) is 5.26. The summed E-state index contributed by atoms with van der Waals surface area (Å²) >= 11 is 0. The van der Waals surface area contributed by atoms with Crippen molar-refractivity contribution >= 4 is 22.6 Å². The summed E-state index contributed by atoms with van der Waals surface area (Å²) in [5.74, 6) is -0.0399. The topological polar surface area (TPSA) is 103 Å². The number of pyridine rings is 1. The molecule has 0 saturated carbocycles. The molecule has 0 saturated heterocycles. The second-order valence-corrected chi connectivity index (χ2v) is 7.57. The lowest BCUT2D eigenvalue weighted by atomic mass is 10.0. The van der Waals surface area contributed by atoms with Gasteiger partial charge in [0.2, 0.25) is 5.91 Å². The Morgan fingerprint density at radius 2 is 1.93 bits per heavy atom. The van der Waals surface area contributed by atoms with Gasteiger partial charge in [0.05, 0.1) is 11.9 Å². The lowest BCUT2D eigenvalue weighted by molar-refractivity contribution is -0.116. The highest BCUT2D eigenvalue weighted by atomic mass is 16.1. The second kappa shape index (κ2) is 8.02. The van der Waals surface area contributed by atoms with Crippen LogP contribution in [0.3, 0.4) is 0 Å². The Morgan fingerprint density at radius 3 is 2.60 bits per heavy atom. The highest BCUT2D eigenvalue weighted by Crippen LogP contribution is 2.25. The molecule has 1 aromatic carbocycles. The van der Waals surface area contributed by atoms with E-state index in [4.69, 9.17) is 4.98 Å². The molecule has 4 rings (SSSR count). The first-order chi connectivity index (χ1) is 14.4. The molecule has 0 aliphatic heterocycles. The molecule has 9 nitrogen and oxygen atoms in total. The van der Waals surface area contributed by atoms with Crippen molar-refractivity contribution < 1.29 is 4.79 Å². The van der Waals surface area contributed by atoms with Crippen molar-refractivity contribution in [3.8, 4) is 5.69 Å². The Bertz CT molecular complexity index is 1180. The molecule has 0 spiro atoms. The van der Waals surface area contributed by atoms with Gasteiger partial charge in [0.1, 0.15) is 6.33 Å². The molecule has 4 aromatic rings. The summed E-state index contributed by atoms with van der Waals surface area (Å²) in [5.41, 5.74) is 5.65. The van der Waals surface area contributed by atoms with Crippen molar-refractivity contribution in [3.05, 3.63) is 53.6 Å². The van der Waals surface area contributed by atoms with E-state index in [0.717, 1.165) is 39.2 Å². The molecule has 3 heterocycles. The number of aromatic nitrogens is 7. The van der Waals surface area contributed by atoms with Gasteiger partial charge in [0.25, 0.3) is 0 Å². The maximum absolute atomic E-state index is 12.5. The first kappa shape index (κ1) is 19.7. The maximum atomic E-state index is 12.5. The van der Waals surface area contributed by atoms with Crippen molar-refractivity contribution in [2.24, 2.45) is 0 Å². The van der Waals surface area contributed by atoms with Gasteiger partial charge in [-0.05, 0) is 79.9 Å². The van der Waals surface area contributed by atoms with Crippen molar-refractivity contribution in [2.75, 3.05) is 5.32 Å². The summed E-state index contributed by atoms with van der Waals surface area (Å²) in [4.78, 5) is 17.3. The molecule has 9 heteroatoms. The van der Waals surface area contributed by atoms with E-state index in [2.05, 4.69) is 46.7 Å². The Labute approximate surface area is 174 Å². The number of nitrogens with one attached hydrogen (secondary N) is 1. The SMILES string of the molecule is Cc1nc2c(cnn2C(C)C)c(C)c1CCC(=O)Nc1ccc(-n2cnnn2)cc1. The van der Waals surface area contributed by atoms with E-state index in [1.54, 1.807) is 4.68 Å². The highest BCUT2D eigenvalue weighted by molar-refractivity contribution is 5.91. The van der Waals surface area contributed by atoms with Gasteiger partial charge in [-0.15, -0.1) is 5.10 Å². The molecule has 1 N–H and O–H groups in total. The third-order valence-corrected chi connectivity index (χ3v) is 5.19. The van der Waals surface area contributed by atoms with Gasteiger partial charge in [0.15, 0.2) is 5.65 Å². The quantitative estimate of drug-likeness (QED) is 0.529. The van der Waals surface area contributed by atoms with Crippen molar-refractivity contribution in [1.29, 1.82) is 0 Å². The number of tetrazole rings is 1. The first-order valence-electron chi connectivity index (χ1n) is 9.90. The number of hydrogen-bond donors (Lipinski definition) is 1. The van der Waals surface area contributed by atoms with Crippen LogP contribution in [0.4, 0.5) is 5.69 Å². The number of aryl methyl sites for hydroxylation is 2. The minimum atomic E-state index is -0.0399. The lowest BCUT2D eigenvalue weighted by Crippen LogP contribution is -2.13. The highest BCUT2D eigenvalue weighted by Gasteiger charge is 2.15. The minimum Gasteiger partial charge on any atom is -0.326 e. The van der Waals surface area contributed by atoms with Gasteiger partial charge in [-0.2, -0.15) is 5.10 Å². The fraction of sp³-hybridized carbons (Fsp3) is 0.333. The molecule has 0 aliphatic rings. The summed E-state index contributed by atoms with van der Waals surface area (Å²) in [6.45, 7) is 8.25. The molecule has 1 amide bonds. The largest absolute Gasteiger partial charge is 0.326 e. The summed E-state index contributed by atoms with van der Waals surface area (Å²) in [6.07, 6.45) is 4.39. The van der Waals surface area contributed by atoms with Crippen LogP contribution in [0.15, 0.2) is 36.8 Å². The summed E-state index contributed by atoms with van der Waals surface area (Å²) < 4.78 is 3.49. The predicted molar refractivity (Wildman–Crippen MR) is 113 cm³/mol. The number of benzene rings is 1. The number of amides is 1. The smallest absolute Gasteiger partial charge is 0.224 e. The Morgan fingerprint density at radius 1 is 1.17 bits per heavy atom. The van der Waals surface area contributed by atoms with Crippen LogP contribution in [0.2, 0.25) is 0 Å². The normalized spacial score (nSPS) is 11.4. The average molecular weight is 404 g/mol. The molecule has 0 fully saturated rings. The zero-order valence-electron chi connectivity index (χ0n) is 17.5. The number of carbonyl (C=O) groups excluding carboxylic acids is 1. The number of hydrogen-bond acceptors (Lipinski definition) is 6. The van der Waals surface area contributed by atoms with Crippen LogP contribution in [-0.2, 0) is 11.2 Å². The third-order valence-electron chi connectivity index (χ3n) is 5.19. The van der Waals surface area contributed by atoms with Crippen LogP contribution in [0, 0.1) is 13.8 Å². The van der Waals surface area contributed by atoms with Gasteiger partial charge < -0.3 is 5.32 Å². The predicted octanol–water partition coefficient (Wildman–Crippen LogP) is 3.18. The van der Waals surface area contributed by atoms with Gasteiger partial charge in [0, 0.05) is 29.2 Å². The minimum absolute atomic E-state index is 0.0399. The molecule has 30 heavy (non-hydrogen) atoms. The van der Waals surface area contributed by atoms with E-state index in [-0.39, 0.29) is 11.9 Å². The monoisotopic (exact) mass is 404 g/mol. The third kappa shape index (κ3) is 3.78. The number of carbonyl (C=O) groups is 1. The zero-order valence-corrected chi connectivity index (χ0v) is 17.5. The maximum Gasteiger partial charge on any atom is 0.224 e. The molecular weight excluding hydrogens is 380 g/mol. The van der Waals surface area contributed by atoms with Gasteiger partial charge in [-0.3, -0.25) is 4.79 Å². The van der Waals surface area contributed by atoms with Crippen LogP contribution < -0.4 is 5.32 Å². The molecule has 0 radical (unpaired) electrons. The van der Waals surface area contributed by atoms with E-state index < -0.39 is 0 Å². The fourth-order valence-corrected chi connectivity index (χ4v) is 3.58. The van der Waals surface area contributed by atoms with Gasteiger partial charge in [-0.25, -0.2) is 14.3 Å². The molecule has 0 atom stereocenters. The fourth-order valence-electron chi connectivity index (χ4n) is 3.58. The average Bonchev–Trinajstić information content (AvgIpc) is 3.38. The molecule has 0 unspecified atom stereocenters. The number of rotatable bonds is 6.